The van der Waals surface area contributed by atoms with Gasteiger partial charge in [-0.3, -0.25) is 30.0 Å². The van der Waals surface area contributed by atoms with Gasteiger partial charge in [0.1, 0.15) is 16.3 Å². The minimum Gasteiger partial charge on any atom is -0.378 e. The number of rotatable bonds is 15. The standard InChI is InChI=1S/C38H43ClN14O3S3/c1-23-11-13-41-29(19-23)53-36(55)31-28(24(2)59-35(31)46-38(53)57)9-10-30(54)42-15-17-56-18-16-51-21-27(49(3)48-51)22-58-37-44-33(43-14-12-40)32-34(45-37)52(50(4)47-32)20-25-5-7-26(39)8-6-25/h5-8,11,13,19,21,47-48H,12,14-18,20,22,40H2,1-4H3,(H,42,54)(H,46,57)(H,43,44,45). The van der Waals surface area contributed by atoms with Crippen LogP contribution in [0.5, 0.6) is 0 Å². The van der Waals surface area contributed by atoms with Crippen LogP contribution in [-0.4, -0.2) is 105 Å². The number of nitrogens with zero attached hydrogens (tertiary/aromatic N) is 8. The SMILES string of the molecule is Cc1ccnc(-n2c(=S)[nH]c3sc(C)c(C#CC(=O)NCCOCCN4C=C(CSc5nc(NCCN)c6c(n5)N(Cc5ccc(Cl)cc5)N(C)N6)N(C)N4)c3c2=O)c1. The van der Waals surface area contributed by atoms with Crippen LogP contribution in [0.1, 0.15) is 21.6 Å². The van der Waals surface area contributed by atoms with E-state index < -0.39 is 5.91 Å². The Hall–Kier alpha value is -5.24. The Morgan fingerprint density at radius 1 is 1.14 bits per heavy atom. The largest absolute Gasteiger partial charge is 0.378 e. The van der Waals surface area contributed by atoms with E-state index in [1.54, 1.807) is 12.3 Å². The molecule has 0 bridgehead atoms. The Balaban J connectivity index is 0.899. The number of halogens is 1. The molecule has 17 nitrogen and oxygen atoms in total. The number of carbonyl (C=O) groups excluding carboxylic acids is 1. The monoisotopic (exact) mass is 874 g/mol. The van der Waals surface area contributed by atoms with E-state index in [1.807, 2.05) is 79.6 Å². The fraction of sp³-hybridized carbons (Fsp3) is 0.316. The first kappa shape index (κ1) is 41.9. The molecule has 0 unspecified atom stereocenters. The molecule has 1 amide bonds. The Morgan fingerprint density at radius 2 is 1.95 bits per heavy atom. The summed E-state index contributed by atoms with van der Waals surface area (Å²) in [5.41, 5.74) is 16.4. The summed E-state index contributed by atoms with van der Waals surface area (Å²) in [6.07, 6.45) is 3.65. The molecule has 2 aliphatic rings. The number of amides is 1. The van der Waals surface area contributed by atoms with E-state index in [0.29, 0.717) is 82.7 Å². The predicted octanol–water partition coefficient (Wildman–Crippen LogP) is 3.91. The zero-order valence-electron chi connectivity index (χ0n) is 32.8. The molecule has 1 aromatic carbocycles. The second kappa shape index (κ2) is 18.8. The number of hydrogen-bond acceptors (Lipinski definition) is 17. The molecule has 0 atom stereocenters. The van der Waals surface area contributed by atoms with Crippen molar-refractivity contribution in [2.24, 2.45) is 5.73 Å². The highest BCUT2D eigenvalue weighted by Crippen LogP contribution is 2.39. The molecule has 6 heterocycles. The first-order valence-electron chi connectivity index (χ1n) is 18.6. The summed E-state index contributed by atoms with van der Waals surface area (Å²) in [6, 6.07) is 11.4. The number of aryl methyl sites for hydroxylation is 2. The molecule has 59 heavy (non-hydrogen) atoms. The molecule has 308 valence electrons. The number of aromatic nitrogens is 5. The number of hydrazine groups is 4. The van der Waals surface area contributed by atoms with Gasteiger partial charge in [0, 0.05) is 67.7 Å². The molecule has 0 aliphatic carbocycles. The number of thioether (sulfide) groups is 1. The van der Waals surface area contributed by atoms with Crippen LogP contribution >= 0.6 is 46.9 Å². The quantitative estimate of drug-likeness (QED) is 0.0292. The van der Waals surface area contributed by atoms with Gasteiger partial charge in [-0.25, -0.2) is 19.5 Å². The summed E-state index contributed by atoms with van der Waals surface area (Å²) in [5.74, 6) is 7.52. The van der Waals surface area contributed by atoms with Crippen LogP contribution in [0.15, 0.2) is 64.4 Å². The fourth-order valence-corrected chi connectivity index (χ4v) is 8.53. The fourth-order valence-electron chi connectivity index (χ4n) is 6.21. The molecular weight excluding hydrogens is 832 g/mol. The normalized spacial score (nSPS) is 13.7. The van der Waals surface area contributed by atoms with Crippen LogP contribution in [0.3, 0.4) is 0 Å². The number of nitrogens with one attached hydrogen (secondary N) is 5. The van der Waals surface area contributed by atoms with E-state index in [1.165, 1.54) is 27.7 Å². The molecule has 21 heteroatoms. The van der Waals surface area contributed by atoms with Crippen LogP contribution in [-0.2, 0) is 16.1 Å². The first-order chi connectivity index (χ1) is 28.5. The van der Waals surface area contributed by atoms with Gasteiger partial charge in [-0.15, -0.1) is 22.0 Å². The average Bonchev–Trinajstić information content (AvgIpc) is 3.84. The van der Waals surface area contributed by atoms with Crippen molar-refractivity contribution in [1.29, 1.82) is 0 Å². The van der Waals surface area contributed by atoms with Gasteiger partial charge in [-0.1, -0.05) is 41.4 Å². The summed E-state index contributed by atoms with van der Waals surface area (Å²) < 4.78 is 7.39. The minimum atomic E-state index is -0.475. The number of carbonyl (C=O) groups is 1. The van der Waals surface area contributed by atoms with Crippen molar-refractivity contribution in [3.05, 3.63) is 96.2 Å². The summed E-state index contributed by atoms with van der Waals surface area (Å²) in [6.45, 7) is 6.92. The zero-order chi connectivity index (χ0) is 41.6. The topological polar surface area (TPSA) is 190 Å². The Bertz CT molecular complexity index is 2570. The zero-order valence-corrected chi connectivity index (χ0v) is 36.0. The molecule has 0 saturated heterocycles. The second-order valence-electron chi connectivity index (χ2n) is 13.5. The number of aromatic amines is 1. The number of ether oxygens (including phenoxy) is 1. The van der Waals surface area contributed by atoms with Crippen LogP contribution in [0.4, 0.5) is 17.3 Å². The Morgan fingerprint density at radius 3 is 2.73 bits per heavy atom. The van der Waals surface area contributed by atoms with Crippen molar-refractivity contribution in [2.75, 3.05) is 75.0 Å². The third kappa shape index (κ3) is 9.80. The molecule has 0 fully saturated rings. The molecule has 7 N–H and O–H groups in total. The van der Waals surface area contributed by atoms with Crippen molar-refractivity contribution in [1.82, 2.24) is 50.5 Å². The van der Waals surface area contributed by atoms with Crippen LogP contribution in [0, 0.1) is 30.5 Å². The lowest BCUT2D eigenvalue weighted by Crippen LogP contribution is -2.40. The van der Waals surface area contributed by atoms with Crippen molar-refractivity contribution in [3.63, 3.8) is 0 Å². The molecular formula is C38H43ClN14O3S3. The van der Waals surface area contributed by atoms with Crippen LogP contribution in [0.2, 0.25) is 5.02 Å². The van der Waals surface area contributed by atoms with E-state index >= 15 is 0 Å². The summed E-state index contributed by atoms with van der Waals surface area (Å²) in [7, 11) is 3.88. The van der Waals surface area contributed by atoms with Gasteiger partial charge >= 0.3 is 0 Å². The maximum atomic E-state index is 13.6. The molecule has 0 spiro atoms. The van der Waals surface area contributed by atoms with E-state index in [4.69, 9.17) is 44.3 Å². The first-order valence-corrected chi connectivity index (χ1v) is 21.2. The summed E-state index contributed by atoms with van der Waals surface area (Å²) in [5, 5.41) is 15.6. The number of nitrogens with two attached hydrogens (primary N) is 1. The number of anilines is 3. The molecule has 0 saturated carbocycles. The summed E-state index contributed by atoms with van der Waals surface area (Å²) in [4.78, 5) is 44.9. The third-order valence-electron chi connectivity index (χ3n) is 9.16. The lowest BCUT2D eigenvalue weighted by Gasteiger charge is -2.25. The highest BCUT2D eigenvalue weighted by molar-refractivity contribution is 7.99. The maximum absolute atomic E-state index is 13.6. The van der Waals surface area contributed by atoms with E-state index in [9.17, 15) is 9.59 Å². The van der Waals surface area contributed by atoms with Gasteiger partial charge in [0.25, 0.3) is 11.5 Å². The van der Waals surface area contributed by atoms with E-state index in [0.717, 1.165) is 33.2 Å². The molecule has 0 radical (unpaired) electrons. The minimum absolute atomic E-state index is 0.235. The van der Waals surface area contributed by atoms with Gasteiger partial charge < -0.3 is 26.1 Å². The highest BCUT2D eigenvalue weighted by atomic mass is 35.5. The second-order valence-corrected chi connectivity index (χ2v) is 16.5. The van der Waals surface area contributed by atoms with Crippen molar-refractivity contribution in [3.8, 4) is 17.7 Å². The number of H-pyrrole nitrogens is 1. The predicted molar refractivity (Wildman–Crippen MR) is 236 cm³/mol. The van der Waals surface area contributed by atoms with Gasteiger partial charge in [-0.2, -0.15) is 0 Å². The van der Waals surface area contributed by atoms with E-state index in [-0.39, 0.29) is 16.9 Å². The lowest BCUT2D eigenvalue weighted by atomic mass is 10.2. The number of benzene rings is 1. The maximum Gasteiger partial charge on any atom is 0.296 e. The van der Waals surface area contributed by atoms with Gasteiger partial charge in [0.2, 0.25) is 0 Å². The van der Waals surface area contributed by atoms with Crippen molar-refractivity contribution >= 4 is 80.4 Å². The average molecular weight is 876 g/mol. The van der Waals surface area contributed by atoms with Crippen molar-refractivity contribution in [2.45, 2.75) is 25.5 Å². The van der Waals surface area contributed by atoms with Crippen molar-refractivity contribution < 1.29 is 9.53 Å². The van der Waals surface area contributed by atoms with Gasteiger partial charge in [0.15, 0.2) is 21.6 Å². The number of thiophene rings is 1. The van der Waals surface area contributed by atoms with Crippen LogP contribution < -0.4 is 37.9 Å². The smallest absolute Gasteiger partial charge is 0.296 e. The molecule has 2 aliphatic heterocycles. The lowest BCUT2D eigenvalue weighted by molar-refractivity contribution is -0.115. The van der Waals surface area contributed by atoms with Crippen LogP contribution in [0.25, 0.3) is 16.0 Å². The van der Waals surface area contributed by atoms with E-state index in [2.05, 4.69) is 48.4 Å². The molecule has 7 rings (SSSR count). The number of hydrogen-bond donors (Lipinski definition) is 6. The third-order valence-corrected chi connectivity index (χ3v) is 11.6. The van der Waals surface area contributed by atoms with Gasteiger partial charge in [0.05, 0.1) is 42.9 Å². The molecule has 4 aromatic heterocycles. The Kier molecular flexibility index (Phi) is 13.3. The number of fused-ring (bicyclic) bond motifs is 2. The molecule has 5 aromatic rings. The van der Waals surface area contributed by atoms with Gasteiger partial charge in [-0.05, 0) is 61.5 Å². The summed E-state index contributed by atoms with van der Waals surface area (Å²) >= 11 is 14.5. The highest BCUT2D eigenvalue weighted by Gasteiger charge is 2.30. The Labute approximate surface area is 358 Å². The number of pyridine rings is 1.